The maximum Gasteiger partial charge on any atom is 0.0615 e. The summed E-state index contributed by atoms with van der Waals surface area (Å²) in [6.45, 7) is 0.0954. The normalized spacial score (nSPS) is 11.7. The molecule has 0 bridgehead atoms. The van der Waals surface area contributed by atoms with Crippen molar-refractivity contribution in [2.75, 3.05) is 6.61 Å². The number of hydrogen-bond acceptors (Lipinski definition) is 2. The monoisotopic (exact) mass is 116 g/mol. The molecule has 1 N–H and O–H groups in total. The first-order valence-corrected chi connectivity index (χ1v) is 2.50. The highest BCUT2D eigenvalue weighted by Gasteiger charge is 1.58. The molecular formula is C5H8OS. The first kappa shape index (κ1) is 6.79. The van der Waals surface area contributed by atoms with E-state index in [9.17, 15) is 0 Å². The topological polar surface area (TPSA) is 20.2 Å². The third-order valence-electron chi connectivity index (χ3n) is 0.439. The van der Waals surface area contributed by atoms with Crippen molar-refractivity contribution in [3.8, 4) is 0 Å². The van der Waals surface area contributed by atoms with E-state index in [1.54, 1.807) is 23.6 Å². The minimum absolute atomic E-state index is 0.0954. The van der Waals surface area contributed by atoms with Crippen molar-refractivity contribution in [3.05, 3.63) is 23.6 Å². The maximum absolute atomic E-state index is 8.15. The van der Waals surface area contributed by atoms with Crippen LogP contribution in [0.2, 0.25) is 0 Å². The highest BCUT2D eigenvalue weighted by molar-refractivity contribution is 7.83. The average molecular weight is 116 g/mol. The lowest BCUT2D eigenvalue weighted by Crippen LogP contribution is -1.66. The summed E-state index contributed by atoms with van der Waals surface area (Å²) in [4.78, 5) is 0. The molecule has 0 saturated carbocycles. The zero-order chi connectivity index (χ0) is 5.54. The van der Waals surface area contributed by atoms with Crippen LogP contribution >= 0.6 is 12.6 Å². The third-order valence-corrected chi connectivity index (χ3v) is 0.611. The Balaban J connectivity index is 3.09. The van der Waals surface area contributed by atoms with Gasteiger partial charge in [-0.25, -0.2) is 0 Å². The molecule has 0 atom stereocenters. The lowest BCUT2D eigenvalue weighted by molar-refractivity contribution is 0.343. The van der Waals surface area contributed by atoms with Gasteiger partial charge in [-0.15, -0.1) is 0 Å². The van der Waals surface area contributed by atoms with E-state index in [4.69, 9.17) is 5.11 Å². The molecule has 0 aliphatic heterocycles. The van der Waals surface area contributed by atoms with E-state index in [2.05, 4.69) is 12.6 Å². The molecule has 0 rings (SSSR count). The molecule has 0 aromatic heterocycles. The Morgan fingerprint density at radius 3 is 2.57 bits per heavy atom. The summed E-state index contributed by atoms with van der Waals surface area (Å²) in [5.74, 6) is 0. The van der Waals surface area contributed by atoms with Crippen LogP contribution in [0.5, 0.6) is 0 Å². The molecule has 0 heterocycles. The van der Waals surface area contributed by atoms with E-state index in [0.717, 1.165) is 0 Å². The molecule has 0 aromatic carbocycles. The van der Waals surface area contributed by atoms with Crippen molar-refractivity contribution in [2.45, 2.75) is 0 Å². The van der Waals surface area contributed by atoms with Crippen molar-refractivity contribution in [1.29, 1.82) is 0 Å². The second-order valence-corrected chi connectivity index (χ2v) is 1.25. The minimum Gasteiger partial charge on any atom is -0.392 e. The number of aliphatic hydroxyl groups is 1. The predicted molar refractivity (Wildman–Crippen MR) is 34.4 cm³/mol. The first-order chi connectivity index (χ1) is 3.41. The van der Waals surface area contributed by atoms with Gasteiger partial charge < -0.3 is 5.11 Å². The molecule has 0 saturated heterocycles. The fraction of sp³-hybridized carbons (Fsp3) is 0.200. The van der Waals surface area contributed by atoms with Gasteiger partial charge in [0, 0.05) is 0 Å². The molecule has 0 radical (unpaired) electrons. The van der Waals surface area contributed by atoms with Crippen molar-refractivity contribution in [1.82, 2.24) is 0 Å². The van der Waals surface area contributed by atoms with Crippen molar-refractivity contribution >= 4 is 12.6 Å². The first-order valence-electron chi connectivity index (χ1n) is 1.98. The van der Waals surface area contributed by atoms with Gasteiger partial charge in [0.15, 0.2) is 0 Å². The average Bonchev–Trinajstić information content (AvgIpc) is 1.69. The lowest BCUT2D eigenvalue weighted by Gasteiger charge is -1.70. The molecule has 2 heteroatoms. The summed E-state index contributed by atoms with van der Waals surface area (Å²) in [6.07, 6.45) is 5.10. The van der Waals surface area contributed by atoms with Gasteiger partial charge in [0.2, 0.25) is 0 Å². The van der Waals surface area contributed by atoms with E-state index < -0.39 is 0 Å². The van der Waals surface area contributed by atoms with Gasteiger partial charge in [-0.1, -0.05) is 18.2 Å². The highest BCUT2D eigenvalue weighted by Crippen LogP contribution is 1.77. The summed E-state index contributed by atoms with van der Waals surface area (Å²) in [6, 6.07) is 0. The number of allylic oxidation sites excluding steroid dienone is 2. The zero-order valence-electron chi connectivity index (χ0n) is 3.91. The highest BCUT2D eigenvalue weighted by atomic mass is 32.1. The van der Waals surface area contributed by atoms with Crippen molar-refractivity contribution in [3.63, 3.8) is 0 Å². The molecule has 0 aliphatic carbocycles. The fourth-order valence-electron chi connectivity index (χ4n) is 0.189. The Hall–Kier alpha value is -0.210. The lowest BCUT2D eigenvalue weighted by atomic mass is 10.5. The van der Waals surface area contributed by atoms with Gasteiger partial charge in [-0.05, 0) is 5.41 Å². The summed E-state index contributed by atoms with van der Waals surface area (Å²) in [5.41, 5.74) is 0. The molecule has 7 heavy (non-hydrogen) atoms. The third kappa shape index (κ3) is 5.79. The van der Waals surface area contributed by atoms with Crippen molar-refractivity contribution in [2.24, 2.45) is 0 Å². The van der Waals surface area contributed by atoms with E-state index in [0.29, 0.717) is 0 Å². The molecule has 0 amide bonds. The molecule has 0 spiro atoms. The SMILES string of the molecule is OC/C=C/C=C\S. The van der Waals surface area contributed by atoms with Crippen LogP contribution in [0, 0.1) is 0 Å². The Kier molecular flexibility index (Phi) is 5.62. The number of rotatable bonds is 2. The maximum atomic E-state index is 8.15. The molecule has 40 valence electrons. The Morgan fingerprint density at radius 2 is 2.14 bits per heavy atom. The van der Waals surface area contributed by atoms with E-state index >= 15 is 0 Å². The van der Waals surface area contributed by atoms with E-state index in [-0.39, 0.29) is 6.61 Å². The Morgan fingerprint density at radius 1 is 1.43 bits per heavy atom. The van der Waals surface area contributed by atoms with Crippen LogP contribution in [0.3, 0.4) is 0 Å². The van der Waals surface area contributed by atoms with Gasteiger partial charge in [0.1, 0.15) is 0 Å². The smallest absolute Gasteiger partial charge is 0.0615 e. The second-order valence-electron chi connectivity index (χ2n) is 0.952. The summed E-state index contributed by atoms with van der Waals surface area (Å²) in [7, 11) is 0. The van der Waals surface area contributed by atoms with Crippen LogP contribution in [-0.2, 0) is 0 Å². The van der Waals surface area contributed by atoms with E-state index in [1.807, 2.05) is 0 Å². The molecular weight excluding hydrogens is 108 g/mol. The van der Waals surface area contributed by atoms with Crippen LogP contribution in [0.15, 0.2) is 23.6 Å². The zero-order valence-corrected chi connectivity index (χ0v) is 4.81. The van der Waals surface area contributed by atoms with Gasteiger partial charge in [0.05, 0.1) is 6.61 Å². The molecule has 0 unspecified atom stereocenters. The Bertz CT molecular complexity index is 76.1. The van der Waals surface area contributed by atoms with Crippen LogP contribution in [-0.4, -0.2) is 11.7 Å². The van der Waals surface area contributed by atoms with Crippen LogP contribution in [0.1, 0.15) is 0 Å². The van der Waals surface area contributed by atoms with E-state index in [1.165, 1.54) is 0 Å². The van der Waals surface area contributed by atoms with Gasteiger partial charge in [-0.3, -0.25) is 0 Å². The Labute approximate surface area is 48.8 Å². The van der Waals surface area contributed by atoms with Crippen LogP contribution in [0.25, 0.3) is 0 Å². The van der Waals surface area contributed by atoms with Crippen LogP contribution in [0.4, 0.5) is 0 Å². The molecule has 0 aliphatic rings. The quantitative estimate of drug-likeness (QED) is 0.407. The van der Waals surface area contributed by atoms with Crippen molar-refractivity contribution < 1.29 is 5.11 Å². The minimum atomic E-state index is 0.0954. The number of aliphatic hydroxyl groups excluding tert-OH is 1. The summed E-state index contributed by atoms with van der Waals surface area (Å²) in [5, 5.41) is 9.75. The summed E-state index contributed by atoms with van der Waals surface area (Å²) >= 11 is 3.78. The molecule has 1 nitrogen and oxygen atoms in total. The predicted octanol–water partition coefficient (Wildman–Crippen LogP) is 0.978. The number of thiol groups is 1. The van der Waals surface area contributed by atoms with Gasteiger partial charge >= 0.3 is 0 Å². The fourth-order valence-corrected chi connectivity index (χ4v) is 0.288. The van der Waals surface area contributed by atoms with Gasteiger partial charge in [0.25, 0.3) is 0 Å². The standard InChI is InChI=1S/C5H8OS/c6-4-2-1-3-5-7/h1-3,5-7H,4H2/b2-1+,5-3-. The second kappa shape index (κ2) is 5.79. The molecule has 0 aromatic rings. The molecule has 0 fully saturated rings. The van der Waals surface area contributed by atoms with Crippen LogP contribution < -0.4 is 0 Å². The van der Waals surface area contributed by atoms with Gasteiger partial charge in [-0.2, -0.15) is 12.6 Å². The number of hydrogen-bond donors (Lipinski definition) is 2. The largest absolute Gasteiger partial charge is 0.392 e. The summed E-state index contributed by atoms with van der Waals surface area (Å²) < 4.78 is 0.